The number of carbonyl (C=O) groups excluding carboxylic acids is 1. The Bertz CT molecular complexity index is 393. The van der Waals surface area contributed by atoms with E-state index < -0.39 is 0 Å². The van der Waals surface area contributed by atoms with E-state index in [0.717, 1.165) is 17.7 Å². The number of carbonyl (C=O) groups is 1. The number of aryl methyl sites for hydroxylation is 1. The van der Waals surface area contributed by atoms with Crippen molar-refractivity contribution in [1.29, 1.82) is 0 Å². The summed E-state index contributed by atoms with van der Waals surface area (Å²) in [6.07, 6.45) is 1.00. The molecule has 74 valence electrons. The summed E-state index contributed by atoms with van der Waals surface area (Å²) in [4.78, 5) is 11.6. The Hall–Kier alpha value is -1.31. The molecule has 1 amide bonds. The molecular weight excluding hydrogens is 174 g/mol. The molecule has 1 N–H and O–H groups in total. The van der Waals surface area contributed by atoms with Crippen molar-refractivity contribution in [2.75, 3.05) is 5.32 Å². The molecule has 2 heteroatoms. The molecule has 2 nitrogen and oxygen atoms in total. The number of rotatable bonds is 1. The monoisotopic (exact) mass is 189 g/mol. The van der Waals surface area contributed by atoms with Crippen molar-refractivity contribution < 1.29 is 4.79 Å². The van der Waals surface area contributed by atoms with Gasteiger partial charge in [0.2, 0.25) is 5.91 Å². The van der Waals surface area contributed by atoms with Crippen molar-refractivity contribution in [3.05, 3.63) is 29.3 Å². The van der Waals surface area contributed by atoms with E-state index in [-0.39, 0.29) is 11.3 Å². The Labute approximate surface area is 84.3 Å². The van der Waals surface area contributed by atoms with Crippen LogP contribution in [0.2, 0.25) is 0 Å². The minimum atomic E-state index is -0.373. The summed E-state index contributed by atoms with van der Waals surface area (Å²) in [6.45, 7) is 6.03. The van der Waals surface area contributed by atoms with E-state index in [0.29, 0.717) is 0 Å². The fourth-order valence-corrected chi connectivity index (χ4v) is 1.86. The van der Waals surface area contributed by atoms with Crippen molar-refractivity contribution in [2.24, 2.45) is 0 Å². The summed E-state index contributed by atoms with van der Waals surface area (Å²) in [6, 6.07) is 6.23. The second kappa shape index (κ2) is 2.84. The van der Waals surface area contributed by atoms with Crippen molar-refractivity contribution in [3.63, 3.8) is 0 Å². The highest BCUT2D eigenvalue weighted by molar-refractivity contribution is 6.05. The number of fused-ring (bicyclic) bond motifs is 1. The number of anilines is 1. The van der Waals surface area contributed by atoms with Gasteiger partial charge in [0.25, 0.3) is 0 Å². The summed E-state index contributed by atoms with van der Waals surface area (Å²) in [5, 5.41) is 2.92. The Morgan fingerprint density at radius 1 is 1.36 bits per heavy atom. The zero-order valence-corrected chi connectivity index (χ0v) is 8.85. The number of benzene rings is 1. The molecule has 0 saturated carbocycles. The van der Waals surface area contributed by atoms with Gasteiger partial charge in [-0.1, -0.05) is 19.1 Å². The van der Waals surface area contributed by atoms with Crippen molar-refractivity contribution in [1.82, 2.24) is 0 Å². The normalized spacial score (nSPS) is 17.8. The zero-order chi connectivity index (χ0) is 10.3. The molecular formula is C12H15NO. The molecule has 0 fully saturated rings. The molecule has 0 aromatic heterocycles. The maximum atomic E-state index is 11.6. The van der Waals surface area contributed by atoms with Gasteiger partial charge in [-0.25, -0.2) is 0 Å². The van der Waals surface area contributed by atoms with Crippen LogP contribution in [0.25, 0.3) is 0 Å². The van der Waals surface area contributed by atoms with Gasteiger partial charge >= 0.3 is 0 Å². The largest absolute Gasteiger partial charge is 0.325 e. The third kappa shape index (κ3) is 1.14. The van der Waals surface area contributed by atoms with Crippen LogP contribution >= 0.6 is 0 Å². The lowest BCUT2D eigenvalue weighted by Crippen LogP contribution is -2.26. The summed E-state index contributed by atoms with van der Waals surface area (Å²) in [7, 11) is 0. The van der Waals surface area contributed by atoms with Crippen LogP contribution in [-0.2, 0) is 16.6 Å². The van der Waals surface area contributed by atoms with Gasteiger partial charge in [0.1, 0.15) is 0 Å². The smallest absolute Gasteiger partial charge is 0.234 e. The summed E-state index contributed by atoms with van der Waals surface area (Å²) < 4.78 is 0. The summed E-state index contributed by atoms with van der Waals surface area (Å²) in [5.74, 6) is 0.0979. The van der Waals surface area contributed by atoms with E-state index in [4.69, 9.17) is 0 Å². The SMILES string of the molecule is CCc1ccc2c(c1)NC(=O)C2(C)C. The first-order valence-electron chi connectivity index (χ1n) is 5.00. The number of hydrogen-bond donors (Lipinski definition) is 1. The van der Waals surface area contributed by atoms with E-state index in [9.17, 15) is 4.79 Å². The van der Waals surface area contributed by atoms with Crippen LogP contribution in [0.1, 0.15) is 31.9 Å². The average Bonchev–Trinajstić information content (AvgIpc) is 2.38. The lowest BCUT2D eigenvalue weighted by atomic mass is 9.86. The van der Waals surface area contributed by atoms with Gasteiger partial charge < -0.3 is 5.32 Å². The van der Waals surface area contributed by atoms with Gasteiger partial charge in [0.05, 0.1) is 5.41 Å². The molecule has 2 rings (SSSR count). The van der Waals surface area contributed by atoms with Gasteiger partial charge in [0, 0.05) is 5.69 Å². The van der Waals surface area contributed by atoms with Crippen molar-refractivity contribution in [2.45, 2.75) is 32.6 Å². The first-order valence-corrected chi connectivity index (χ1v) is 5.00. The second-order valence-electron chi connectivity index (χ2n) is 4.31. The molecule has 1 aliphatic rings. The highest BCUT2D eigenvalue weighted by atomic mass is 16.2. The van der Waals surface area contributed by atoms with E-state index in [2.05, 4.69) is 30.4 Å². The summed E-state index contributed by atoms with van der Waals surface area (Å²) in [5.41, 5.74) is 2.99. The molecule has 14 heavy (non-hydrogen) atoms. The van der Waals surface area contributed by atoms with Crippen molar-refractivity contribution in [3.8, 4) is 0 Å². The Kier molecular flexibility index (Phi) is 1.88. The van der Waals surface area contributed by atoms with Gasteiger partial charge in [-0.05, 0) is 37.5 Å². The predicted molar refractivity (Wildman–Crippen MR) is 57.5 cm³/mol. The summed E-state index contributed by atoms with van der Waals surface area (Å²) >= 11 is 0. The minimum absolute atomic E-state index is 0.0979. The molecule has 0 aliphatic carbocycles. The van der Waals surface area contributed by atoms with E-state index in [1.54, 1.807) is 0 Å². The average molecular weight is 189 g/mol. The molecule has 0 unspecified atom stereocenters. The molecule has 0 atom stereocenters. The fourth-order valence-electron chi connectivity index (χ4n) is 1.86. The number of nitrogens with one attached hydrogen (secondary N) is 1. The zero-order valence-electron chi connectivity index (χ0n) is 8.85. The Morgan fingerprint density at radius 2 is 2.07 bits per heavy atom. The van der Waals surface area contributed by atoms with Gasteiger partial charge in [-0.2, -0.15) is 0 Å². The highest BCUT2D eigenvalue weighted by Gasteiger charge is 2.37. The van der Waals surface area contributed by atoms with Crippen LogP contribution in [0.15, 0.2) is 18.2 Å². The van der Waals surface area contributed by atoms with Crippen LogP contribution in [0, 0.1) is 0 Å². The van der Waals surface area contributed by atoms with Gasteiger partial charge in [-0.15, -0.1) is 0 Å². The van der Waals surface area contributed by atoms with Crippen LogP contribution in [-0.4, -0.2) is 5.91 Å². The topological polar surface area (TPSA) is 29.1 Å². The standard InChI is InChI=1S/C12H15NO/c1-4-8-5-6-9-10(7-8)13-11(14)12(9,2)3/h5-7H,4H2,1-3H3,(H,13,14). The van der Waals surface area contributed by atoms with Gasteiger partial charge in [-0.3, -0.25) is 4.79 Å². The minimum Gasteiger partial charge on any atom is -0.325 e. The lowest BCUT2D eigenvalue weighted by Gasteiger charge is -2.14. The fraction of sp³-hybridized carbons (Fsp3) is 0.417. The first kappa shape index (κ1) is 9.25. The maximum absolute atomic E-state index is 11.6. The molecule has 0 spiro atoms. The maximum Gasteiger partial charge on any atom is 0.234 e. The van der Waals surface area contributed by atoms with Gasteiger partial charge in [0.15, 0.2) is 0 Å². The number of amides is 1. The van der Waals surface area contributed by atoms with E-state index in [1.165, 1.54) is 5.56 Å². The molecule has 0 radical (unpaired) electrons. The van der Waals surface area contributed by atoms with Crippen LogP contribution < -0.4 is 5.32 Å². The predicted octanol–water partition coefficient (Wildman–Crippen LogP) is 2.48. The van der Waals surface area contributed by atoms with E-state index >= 15 is 0 Å². The van der Waals surface area contributed by atoms with Crippen LogP contribution in [0.5, 0.6) is 0 Å². The van der Waals surface area contributed by atoms with Crippen LogP contribution in [0.3, 0.4) is 0 Å². The molecule has 0 bridgehead atoms. The molecule has 1 aromatic carbocycles. The molecule has 1 aliphatic heterocycles. The van der Waals surface area contributed by atoms with Crippen molar-refractivity contribution >= 4 is 11.6 Å². The molecule has 0 saturated heterocycles. The highest BCUT2D eigenvalue weighted by Crippen LogP contribution is 2.37. The lowest BCUT2D eigenvalue weighted by molar-refractivity contribution is -0.119. The third-order valence-electron chi connectivity index (χ3n) is 2.98. The second-order valence-corrected chi connectivity index (χ2v) is 4.31. The molecule has 1 heterocycles. The first-order chi connectivity index (χ1) is 6.55. The number of hydrogen-bond acceptors (Lipinski definition) is 1. The van der Waals surface area contributed by atoms with Crippen LogP contribution in [0.4, 0.5) is 5.69 Å². The van der Waals surface area contributed by atoms with E-state index in [1.807, 2.05) is 13.8 Å². The molecule has 1 aromatic rings. The Balaban J connectivity index is 2.54. The Morgan fingerprint density at radius 3 is 2.71 bits per heavy atom. The third-order valence-corrected chi connectivity index (χ3v) is 2.98. The quantitative estimate of drug-likeness (QED) is 0.722.